The number of rotatable bonds is 8. The summed E-state index contributed by atoms with van der Waals surface area (Å²) in [5.41, 5.74) is -0.0812. The van der Waals surface area contributed by atoms with E-state index >= 15 is 0 Å². The summed E-state index contributed by atoms with van der Waals surface area (Å²) >= 11 is 0. The lowest BCUT2D eigenvalue weighted by Crippen LogP contribution is -2.59. The zero-order chi connectivity index (χ0) is 26.2. The van der Waals surface area contributed by atoms with Crippen LogP contribution < -0.4 is 10.6 Å². The Balaban J connectivity index is 2.40. The van der Waals surface area contributed by atoms with Crippen molar-refractivity contribution < 1.29 is 24.2 Å². The molecule has 0 heterocycles. The summed E-state index contributed by atoms with van der Waals surface area (Å²) in [5, 5.41) is 15.4. The van der Waals surface area contributed by atoms with E-state index in [0.29, 0.717) is 5.56 Å². The Morgan fingerprint density at radius 2 is 1.46 bits per heavy atom. The molecule has 2 unspecified atom stereocenters. The molecule has 0 saturated heterocycles. The third-order valence-corrected chi connectivity index (χ3v) is 5.06. The summed E-state index contributed by atoms with van der Waals surface area (Å²) in [6.45, 7) is 10.1. The van der Waals surface area contributed by atoms with Gasteiger partial charge in [-0.25, -0.2) is 4.79 Å². The van der Waals surface area contributed by atoms with Crippen molar-refractivity contribution in [2.45, 2.75) is 71.3 Å². The number of carbonyl (C=O) groups is 3. The molecule has 0 aliphatic heterocycles. The number of benzene rings is 2. The lowest BCUT2D eigenvalue weighted by atomic mass is 9.95. The number of aliphatic hydroxyl groups is 1. The van der Waals surface area contributed by atoms with Crippen molar-refractivity contribution in [2.75, 3.05) is 6.61 Å². The van der Waals surface area contributed by atoms with Gasteiger partial charge in [0, 0.05) is 12.1 Å². The second kappa shape index (κ2) is 11.8. The van der Waals surface area contributed by atoms with Gasteiger partial charge in [0.1, 0.15) is 17.7 Å². The maximum absolute atomic E-state index is 13.7. The van der Waals surface area contributed by atoms with Crippen LogP contribution in [0.15, 0.2) is 60.7 Å². The highest BCUT2D eigenvalue weighted by atomic mass is 16.6. The SMILES string of the molecule is CC(C)(C)OC(=O)NC(CO)C(=O)N(C(C(=O)NCc1ccccc1)c1ccccc1)C(C)(C)C. The number of nitrogens with one attached hydrogen (secondary N) is 2. The standard InChI is InChI=1S/C27H37N3O5/c1-26(2,3)30(24(33)21(18-31)29-25(34)35-27(4,5)6)22(20-15-11-8-12-16-20)23(32)28-17-19-13-9-7-10-14-19/h7-16,21-22,31H,17-18H2,1-6H3,(H,28,32)(H,29,34). The van der Waals surface area contributed by atoms with Crippen LogP contribution in [0.25, 0.3) is 0 Å². The van der Waals surface area contributed by atoms with Crippen molar-refractivity contribution in [3.8, 4) is 0 Å². The molecule has 0 radical (unpaired) electrons. The Morgan fingerprint density at radius 1 is 0.914 bits per heavy atom. The second-order valence-electron chi connectivity index (χ2n) is 10.3. The van der Waals surface area contributed by atoms with Crippen molar-refractivity contribution in [2.24, 2.45) is 0 Å². The molecule has 0 spiro atoms. The van der Waals surface area contributed by atoms with Crippen molar-refractivity contribution in [1.82, 2.24) is 15.5 Å². The fraction of sp³-hybridized carbons (Fsp3) is 0.444. The average Bonchev–Trinajstić information content (AvgIpc) is 2.78. The Kier molecular flexibility index (Phi) is 9.42. The Labute approximate surface area is 207 Å². The summed E-state index contributed by atoms with van der Waals surface area (Å²) in [6, 6.07) is 16.1. The summed E-state index contributed by atoms with van der Waals surface area (Å²) in [7, 11) is 0. The molecule has 190 valence electrons. The van der Waals surface area contributed by atoms with Crippen LogP contribution in [0.2, 0.25) is 0 Å². The van der Waals surface area contributed by atoms with E-state index in [0.717, 1.165) is 5.56 Å². The lowest BCUT2D eigenvalue weighted by Gasteiger charge is -2.42. The largest absolute Gasteiger partial charge is 0.444 e. The third-order valence-electron chi connectivity index (χ3n) is 5.06. The number of amides is 3. The summed E-state index contributed by atoms with van der Waals surface area (Å²) < 4.78 is 5.25. The average molecular weight is 484 g/mol. The van der Waals surface area contributed by atoms with Gasteiger partial charge in [-0.3, -0.25) is 9.59 Å². The molecule has 2 aromatic rings. The first kappa shape index (κ1) is 27.9. The van der Waals surface area contributed by atoms with E-state index in [1.54, 1.807) is 65.8 Å². The molecule has 0 saturated carbocycles. The zero-order valence-corrected chi connectivity index (χ0v) is 21.4. The molecular formula is C27H37N3O5. The van der Waals surface area contributed by atoms with Crippen LogP contribution in [-0.2, 0) is 20.9 Å². The predicted octanol–water partition coefficient (Wildman–Crippen LogP) is 3.56. The van der Waals surface area contributed by atoms with Crippen molar-refractivity contribution >= 4 is 17.9 Å². The Hall–Kier alpha value is -3.39. The molecular weight excluding hydrogens is 446 g/mol. The zero-order valence-electron chi connectivity index (χ0n) is 21.4. The van der Waals surface area contributed by atoms with Gasteiger partial charge >= 0.3 is 6.09 Å². The first-order chi connectivity index (χ1) is 16.3. The number of ether oxygens (including phenoxy) is 1. The molecule has 0 aliphatic rings. The highest BCUT2D eigenvalue weighted by molar-refractivity contribution is 5.92. The van der Waals surface area contributed by atoms with E-state index in [9.17, 15) is 19.5 Å². The number of alkyl carbamates (subject to hydrolysis) is 1. The van der Waals surface area contributed by atoms with Gasteiger partial charge < -0.3 is 25.4 Å². The topological polar surface area (TPSA) is 108 Å². The molecule has 2 aromatic carbocycles. The first-order valence-corrected chi connectivity index (χ1v) is 11.6. The number of hydrogen-bond acceptors (Lipinski definition) is 5. The molecule has 3 amide bonds. The molecule has 0 aliphatic carbocycles. The molecule has 3 N–H and O–H groups in total. The van der Waals surface area contributed by atoms with E-state index < -0.39 is 41.8 Å². The summed E-state index contributed by atoms with van der Waals surface area (Å²) in [4.78, 5) is 41.0. The van der Waals surface area contributed by atoms with Crippen LogP contribution >= 0.6 is 0 Å². The fourth-order valence-corrected chi connectivity index (χ4v) is 3.58. The maximum atomic E-state index is 13.7. The summed E-state index contributed by atoms with van der Waals surface area (Å²) in [5.74, 6) is -0.980. The van der Waals surface area contributed by atoms with Crippen LogP contribution in [0.1, 0.15) is 58.7 Å². The molecule has 0 bridgehead atoms. The van der Waals surface area contributed by atoms with Gasteiger partial charge in [0.05, 0.1) is 6.61 Å². The Bertz CT molecular complexity index is 981. The van der Waals surface area contributed by atoms with Crippen LogP contribution in [-0.4, -0.2) is 51.7 Å². The second-order valence-corrected chi connectivity index (χ2v) is 10.3. The van der Waals surface area contributed by atoms with Crippen LogP contribution in [0.5, 0.6) is 0 Å². The molecule has 0 fully saturated rings. The van der Waals surface area contributed by atoms with Crippen molar-refractivity contribution in [3.05, 3.63) is 71.8 Å². The fourth-order valence-electron chi connectivity index (χ4n) is 3.58. The molecule has 35 heavy (non-hydrogen) atoms. The normalized spacial score (nSPS) is 13.3. The first-order valence-electron chi connectivity index (χ1n) is 11.6. The smallest absolute Gasteiger partial charge is 0.408 e. The Morgan fingerprint density at radius 3 is 1.94 bits per heavy atom. The quantitative estimate of drug-likeness (QED) is 0.532. The van der Waals surface area contributed by atoms with Gasteiger partial charge in [-0.15, -0.1) is 0 Å². The predicted molar refractivity (Wildman–Crippen MR) is 134 cm³/mol. The van der Waals surface area contributed by atoms with Gasteiger partial charge in [0.25, 0.3) is 0 Å². The monoisotopic (exact) mass is 483 g/mol. The third kappa shape index (κ3) is 8.40. The number of aliphatic hydroxyl groups excluding tert-OH is 1. The molecule has 8 nitrogen and oxygen atoms in total. The minimum absolute atomic E-state index is 0.286. The van der Waals surface area contributed by atoms with Crippen LogP contribution in [0.4, 0.5) is 4.79 Å². The molecule has 2 atom stereocenters. The molecule has 2 rings (SSSR count). The number of carbonyl (C=O) groups excluding carboxylic acids is 3. The van der Waals surface area contributed by atoms with E-state index in [2.05, 4.69) is 10.6 Å². The maximum Gasteiger partial charge on any atom is 0.408 e. The number of hydrogen-bond donors (Lipinski definition) is 3. The minimum atomic E-state index is -1.29. The van der Waals surface area contributed by atoms with Crippen molar-refractivity contribution in [3.63, 3.8) is 0 Å². The van der Waals surface area contributed by atoms with E-state index in [-0.39, 0.29) is 12.5 Å². The van der Waals surface area contributed by atoms with Crippen LogP contribution in [0.3, 0.4) is 0 Å². The van der Waals surface area contributed by atoms with E-state index in [4.69, 9.17) is 4.74 Å². The highest BCUT2D eigenvalue weighted by Gasteiger charge is 2.41. The minimum Gasteiger partial charge on any atom is -0.444 e. The summed E-state index contributed by atoms with van der Waals surface area (Å²) in [6.07, 6.45) is -0.830. The van der Waals surface area contributed by atoms with Gasteiger partial charge in [0.15, 0.2) is 0 Å². The van der Waals surface area contributed by atoms with Gasteiger partial charge in [-0.05, 0) is 52.7 Å². The van der Waals surface area contributed by atoms with Gasteiger partial charge in [-0.2, -0.15) is 0 Å². The molecule has 8 heteroatoms. The molecule has 0 aromatic heterocycles. The number of nitrogens with zero attached hydrogens (tertiary/aromatic N) is 1. The van der Waals surface area contributed by atoms with E-state index in [1.807, 2.05) is 36.4 Å². The van der Waals surface area contributed by atoms with E-state index in [1.165, 1.54) is 4.90 Å². The van der Waals surface area contributed by atoms with Crippen molar-refractivity contribution in [1.29, 1.82) is 0 Å². The lowest BCUT2D eigenvalue weighted by molar-refractivity contribution is -0.149. The van der Waals surface area contributed by atoms with Gasteiger partial charge in [0.2, 0.25) is 11.8 Å². The van der Waals surface area contributed by atoms with Gasteiger partial charge in [-0.1, -0.05) is 60.7 Å². The van der Waals surface area contributed by atoms with Crippen LogP contribution in [0, 0.1) is 0 Å². The highest BCUT2D eigenvalue weighted by Crippen LogP contribution is 2.30.